The van der Waals surface area contributed by atoms with Gasteiger partial charge in [-0.2, -0.15) is 0 Å². The maximum atomic E-state index is 5.92. The Balaban J connectivity index is 1.42. The predicted octanol–water partition coefficient (Wildman–Crippen LogP) is 2.63. The fraction of sp³-hybridized carbons (Fsp3) is 0.625. The normalized spacial score (nSPS) is 20.6. The Morgan fingerprint density at radius 3 is 2.37 bits per heavy atom. The van der Waals surface area contributed by atoms with E-state index >= 15 is 0 Å². The van der Waals surface area contributed by atoms with Crippen molar-refractivity contribution in [3.8, 4) is 0 Å². The van der Waals surface area contributed by atoms with Crippen molar-refractivity contribution in [1.29, 1.82) is 0 Å². The minimum absolute atomic E-state index is 0.380. The minimum atomic E-state index is 0.380. The smallest absolute Gasteiger partial charge is 0.0720 e. The molecular weight excluding hydrogens is 238 g/mol. The molecule has 0 bridgehead atoms. The molecule has 1 saturated carbocycles. The molecule has 0 unspecified atom stereocenters. The van der Waals surface area contributed by atoms with Crippen molar-refractivity contribution in [2.75, 3.05) is 13.2 Å². The molecule has 1 aromatic rings. The van der Waals surface area contributed by atoms with E-state index in [-0.39, 0.29) is 0 Å². The molecule has 1 saturated heterocycles. The Kier molecular flexibility index (Phi) is 4.49. The maximum Gasteiger partial charge on any atom is 0.0720 e. The van der Waals surface area contributed by atoms with Crippen LogP contribution in [0.25, 0.3) is 0 Å². The van der Waals surface area contributed by atoms with Gasteiger partial charge in [-0.05, 0) is 36.8 Å². The van der Waals surface area contributed by atoms with Crippen LogP contribution in [0.4, 0.5) is 0 Å². The van der Waals surface area contributed by atoms with Crippen molar-refractivity contribution in [2.24, 2.45) is 0 Å². The number of rotatable bonds is 6. The summed E-state index contributed by atoms with van der Waals surface area (Å²) >= 11 is 0. The van der Waals surface area contributed by atoms with Gasteiger partial charge in [0.05, 0.1) is 12.7 Å². The van der Waals surface area contributed by atoms with Crippen molar-refractivity contribution in [1.82, 2.24) is 5.32 Å². The summed E-state index contributed by atoms with van der Waals surface area (Å²) < 4.78 is 11.3. The van der Waals surface area contributed by atoms with Gasteiger partial charge in [-0.25, -0.2) is 0 Å². The summed E-state index contributed by atoms with van der Waals surface area (Å²) in [6.45, 7) is 3.40. The highest BCUT2D eigenvalue weighted by Gasteiger charge is 2.19. The monoisotopic (exact) mass is 261 g/mol. The van der Waals surface area contributed by atoms with Crippen LogP contribution in [0.2, 0.25) is 0 Å². The second-order valence-electron chi connectivity index (χ2n) is 5.59. The van der Waals surface area contributed by atoms with E-state index in [2.05, 4.69) is 29.6 Å². The zero-order valence-corrected chi connectivity index (χ0v) is 11.4. The van der Waals surface area contributed by atoms with Crippen LogP contribution < -0.4 is 5.32 Å². The van der Waals surface area contributed by atoms with E-state index in [0.717, 1.165) is 45.2 Å². The molecule has 0 spiro atoms. The fourth-order valence-electron chi connectivity index (χ4n) is 2.36. The number of hydrogen-bond donors (Lipinski definition) is 1. The fourth-order valence-corrected chi connectivity index (χ4v) is 2.36. The van der Waals surface area contributed by atoms with Crippen molar-refractivity contribution in [2.45, 2.75) is 51.0 Å². The molecule has 0 atom stereocenters. The highest BCUT2D eigenvalue weighted by molar-refractivity contribution is 5.22. The lowest BCUT2D eigenvalue weighted by Crippen LogP contribution is -2.23. The van der Waals surface area contributed by atoms with Gasteiger partial charge < -0.3 is 14.8 Å². The Bertz CT molecular complexity index is 380. The third-order valence-corrected chi connectivity index (χ3v) is 3.85. The molecular formula is C16H23NO2. The van der Waals surface area contributed by atoms with Gasteiger partial charge in [0.2, 0.25) is 0 Å². The van der Waals surface area contributed by atoms with E-state index in [4.69, 9.17) is 9.47 Å². The van der Waals surface area contributed by atoms with Gasteiger partial charge in [0.1, 0.15) is 0 Å². The standard InChI is InChI=1S/C16H23NO2/c1-3-14(12-19-16-7-9-18-10-8-16)4-2-13(1)11-17-15-5-6-15/h1-4,15-17H,5-12H2. The van der Waals surface area contributed by atoms with E-state index in [1.54, 1.807) is 0 Å². The third-order valence-electron chi connectivity index (χ3n) is 3.85. The number of hydrogen-bond acceptors (Lipinski definition) is 3. The van der Waals surface area contributed by atoms with Crippen LogP contribution >= 0.6 is 0 Å². The average Bonchev–Trinajstić information content (AvgIpc) is 3.29. The highest BCUT2D eigenvalue weighted by atomic mass is 16.5. The zero-order chi connectivity index (χ0) is 12.9. The lowest BCUT2D eigenvalue weighted by molar-refractivity contribution is -0.0390. The van der Waals surface area contributed by atoms with Gasteiger partial charge in [0.15, 0.2) is 0 Å². The van der Waals surface area contributed by atoms with Crippen molar-refractivity contribution >= 4 is 0 Å². The van der Waals surface area contributed by atoms with Crippen LogP contribution in [0, 0.1) is 0 Å². The molecule has 2 aliphatic rings. The van der Waals surface area contributed by atoms with Gasteiger partial charge in [-0.3, -0.25) is 0 Å². The maximum absolute atomic E-state index is 5.92. The topological polar surface area (TPSA) is 30.5 Å². The Hall–Kier alpha value is -0.900. The van der Waals surface area contributed by atoms with E-state index in [0.29, 0.717) is 6.10 Å². The summed E-state index contributed by atoms with van der Waals surface area (Å²) in [7, 11) is 0. The van der Waals surface area contributed by atoms with Gasteiger partial charge in [0.25, 0.3) is 0 Å². The second-order valence-corrected chi connectivity index (χ2v) is 5.59. The summed E-state index contributed by atoms with van der Waals surface area (Å²) in [4.78, 5) is 0. The lowest BCUT2D eigenvalue weighted by atomic mass is 10.1. The summed E-state index contributed by atoms with van der Waals surface area (Å²) in [6.07, 6.45) is 5.13. The molecule has 0 amide bonds. The summed E-state index contributed by atoms with van der Waals surface area (Å²) in [5, 5.41) is 3.53. The molecule has 0 radical (unpaired) electrons. The van der Waals surface area contributed by atoms with Crippen molar-refractivity contribution in [3.63, 3.8) is 0 Å². The van der Waals surface area contributed by atoms with Crippen molar-refractivity contribution in [3.05, 3.63) is 35.4 Å². The van der Waals surface area contributed by atoms with Crippen LogP contribution in [0.1, 0.15) is 36.8 Å². The molecule has 3 rings (SSSR count). The zero-order valence-electron chi connectivity index (χ0n) is 11.4. The molecule has 1 aromatic carbocycles. The van der Waals surface area contributed by atoms with E-state index in [1.165, 1.54) is 24.0 Å². The SMILES string of the molecule is c1cc(COC2CCOCC2)ccc1CNC1CC1. The lowest BCUT2D eigenvalue weighted by Gasteiger charge is -2.22. The first-order valence-electron chi connectivity index (χ1n) is 7.41. The molecule has 104 valence electrons. The first kappa shape index (κ1) is 13.1. The summed E-state index contributed by atoms with van der Waals surface area (Å²) in [5.74, 6) is 0. The van der Waals surface area contributed by atoms with Crippen LogP contribution in [0.15, 0.2) is 24.3 Å². The van der Waals surface area contributed by atoms with Crippen LogP contribution in [-0.4, -0.2) is 25.4 Å². The molecule has 3 heteroatoms. The summed E-state index contributed by atoms with van der Waals surface area (Å²) in [6, 6.07) is 9.55. The molecule has 1 aliphatic heterocycles. The molecule has 2 fully saturated rings. The van der Waals surface area contributed by atoms with Crippen LogP contribution in [0.3, 0.4) is 0 Å². The first-order valence-corrected chi connectivity index (χ1v) is 7.41. The molecule has 19 heavy (non-hydrogen) atoms. The third kappa shape index (κ3) is 4.30. The molecule has 1 N–H and O–H groups in total. The van der Waals surface area contributed by atoms with Gasteiger partial charge >= 0.3 is 0 Å². The Morgan fingerprint density at radius 1 is 1.00 bits per heavy atom. The number of ether oxygens (including phenoxy) is 2. The summed E-state index contributed by atoms with van der Waals surface area (Å²) in [5.41, 5.74) is 2.63. The van der Waals surface area contributed by atoms with Gasteiger partial charge in [-0.1, -0.05) is 24.3 Å². The second kappa shape index (κ2) is 6.51. The van der Waals surface area contributed by atoms with Gasteiger partial charge in [0, 0.05) is 25.8 Å². The molecule has 3 nitrogen and oxygen atoms in total. The van der Waals surface area contributed by atoms with E-state index in [9.17, 15) is 0 Å². The van der Waals surface area contributed by atoms with Crippen LogP contribution in [-0.2, 0) is 22.6 Å². The Labute approximate surface area is 115 Å². The molecule has 1 heterocycles. The average molecular weight is 261 g/mol. The number of benzene rings is 1. The van der Waals surface area contributed by atoms with E-state index < -0.39 is 0 Å². The van der Waals surface area contributed by atoms with Gasteiger partial charge in [-0.15, -0.1) is 0 Å². The largest absolute Gasteiger partial charge is 0.381 e. The first-order chi connectivity index (χ1) is 9.40. The Morgan fingerprint density at radius 2 is 1.68 bits per heavy atom. The molecule has 0 aromatic heterocycles. The van der Waals surface area contributed by atoms with Crippen LogP contribution in [0.5, 0.6) is 0 Å². The highest BCUT2D eigenvalue weighted by Crippen LogP contribution is 2.19. The minimum Gasteiger partial charge on any atom is -0.381 e. The molecule has 1 aliphatic carbocycles. The predicted molar refractivity (Wildman–Crippen MR) is 74.9 cm³/mol. The van der Waals surface area contributed by atoms with Crippen molar-refractivity contribution < 1.29 is 9.47 Å². The van der Waals surface area contributed by atoms with E-state index in [1.807, 2.05) is 0 Å². The quantitative estimate of drug-likeness (QED) is 0.854. The number of nitrogens with one attached hydrogen (secondary N) is 1.